The van der Waals surface area contributed by atoms with E-state index in [1.54, 1.807) is 13.8 Å². The molecule has 7 nitrogen and oxygen atoms in total. The summed E-state index contributed by atoms with van der Waals surface area (Å²) < 4.78 is 65.1. The monoisotopic (exact) mass is 443 g/mol. The maximum Gasteiger partial charge on any atom is 0.434 e. The second kappa shape index (κ2) is 8.87. The van der Waals surface area contributed by atoms with Gasteiger partial charge in [0.05, 0.1) is 16.0 Å². The molecule has 0 aliphatic rings. The number of carbonyl (C=O) groups excluding carboxylic acids is 2. The van der Waals surface area contributed by atoms with E-state index in [1.807, 2.05) is 0 Å². The zero-order valence-corrected chi connectivity index (χ0v) is 17.4. The number of amides is 1. The molecule has 0 aliphatic heterocycles. The fourth-order valence-corrected chi connectivity index (χ4v) is 6.11. The summed E-state index contributed by atoms with van der Waals surface area (Å²) in [5, 5.41) is -0.956. The van der Waals surface area contributed by atoms with Gasteiger partial charge in [-0.1, -0.05) is 26.7 Å². The van der Waals surface area contributed by atoms with E-state index < -0.39 is 54.8 Å². The van der Waals surface area contributed by atoms with Crippen molar-refractivity contribution in [3.63, 3.8) is 0 Å². The predicted octanol–water partition coefficient (Wildman–Crippen LogP) is 2.22. The molecule has 12 heteroatoms. The Kier molecular flexibility index (Phi) is 7.76. The highest BCUT2D eigenvalue weighted by atomic mass is 32.2. The first-order chi connectivity index (χ1) is 12.7. The third-order valence-corrected chi connectivity index (χ3v) is 7.53. The Hall–Kier alpha value is -1.53. The maximum atomic E-state index is 13.2. The van der Waals surface area contributed by atoms with Crippen molar-refractivity contribution in [2.24, 2.45) is 11.5 Å². The Morgan fingerprint density at radius 1 is 1.18 bits per heavy atom. The standard InChI is InChI=1S/C16H24F3N3O4S2/c1-4-6-10(7-5-2)28(25,26)8-15(21,14(20)24)13(23)11-12(16(17,18)19)22-9(3)27-11/h10H,4-8,21H2,1-3H3,(H2,20,24)/t15-/m1/s1. The lowest BCUT2D eigenvalue weighted by molar-refractivity contribution is -0.141. The van der Waals surface area contributed by atoms with E-state index in [0.29, 0.717) is 24.2 Å². The minimum absolute atomic E-state index is 0.0832. The van der Waals surface area contributed by atoms with Crippen molar-refractivity contribution in [2.45, 2.75) is 63.4 Å². The molecule has 4 N–H and O–H groups in total. The number of carbonyl (C=O) groups is 2. The van der Waals surface area contributed by atoms with Crippen LogP contribution in [0.15, 0.2) is 0 Å². The number of ketones is 1. The number of hydrogen-bond donors (Lipinski definition) is 2. The first kappa shape index (κ1) is 24.5. The van der Waals surface area contributed by atoms with Gasteiger partial charge in [0.15, 0.2) is 21.1 Å². The molecule has 160 valence electrons. The number of Topliss-reactive ketones (excluding diaryl/α,β-unsaturated/α-hetero) is 1. The molecular formula is C16H24F3N3O4S2. The summed E-state index contributed by atoms with van der Waals surface area (Å²) in [6.07, 6.45) is -3.38. The number of halogens is 3. The van der Waals surface area contributed by atoms with Crippen molar-refractivity contribution in [3.8, 4) is 0 Å². The SMILES string of the molecule is CCCC(CCC)S(=O)(=O)C[C@](N)(C(N)=O)C(=O)c1sc(C)nc1C(F)(F)F. The third-order valence-electron chi connectivity index (χ3n) is 4.21. The lowest BCUT2D eigenvalue weighted by atomic mass is 9.94. The summed E-state index contributed by atoms with van der Waals surface area (Å²) in [5.74, 6) is -4.16. The summed E-state index contributed by atoms with van der Waals surface area (Å²) in [6.45, 7) is 4.78. The Labute approximate surface area is 165 Å². The van der Waals surface area contributed by atoms with E-state index >= 15 is 0 Å². The zero-order valence-electron chi connectivity index (χ0n) is 15.8. The highest BCUT2D eigenvalue weighted by molar-refractivity contribution is 7.92. The van der Waals surface area contributed by atoms with E-state index in [1.165, 1.54) is 6.92 Å². The smallest absolute Gasteiger partial charge is 0.368 e. The predicted molar refractivity (Wildman–Crippen MR) is 99.7 cm³/mol. The van der Waals surface area contributed by atoms with Gasteiger partial charge >= 0.3 is 6.18 Å². The zero-order chi connectivity index (χ0) is 21.9. The quantitative estimate of drug-likeness (QED) is 0.421. The molecule has 0 aromatic carbocycles. The minimum Gasteiger partial charge on any atom is -0.368 e. The van der Waals surface area contributed by atoms with Crippen LogP contribution in [0.4, 0.5) is 13.2 Å². The van der Waals surface area contributed by atoms with Gasteiger partial charge in [-0.2, -0.15) is 13.2 Å². The highest BCUT2D eigenvalue weighted by Gasteiger charge is 2.50. The lowest BCUT2D eigenvalue weighted by Crippen LogP contribution is -2.63. The highest BCUT2D eigenvalue weighted by Crippen LogP contribution is 2.36. The average Bonchev–Trinajstić information content (AvgIpc) is 2.95. The summed E-state index contributed by atoms with van der Waals surface area (Å²) in [5.41, 5.74) is 6.62. The van der Waals surface area contributed by atoms with Gasteiger partial charge < -0.3 is 11.5 Å². The number of sulfone groups is 1. The van der Waals surface area contributed by atoms with Gasteiger partial charge in [-0.15, -0.1) is 11.3 Å². The molecule has 1 atom stereocenters. The fourth-order valence-electron chi connectivity index (χ4n) is 2.81. The molecule has 0 saturated carbocycles. The van der Waals surface area contributed by atoms with Gasteiger partial charge in [0.2, 0.25) is 11.7 Å². The Balaban J connectivity index is 3.44. The first-order valence-corrected chi connectivity index (χ1v) is 11.1. The largest absolute Gasteiger partial charge is 0.434 e. The molecule has 1 aromatic rings. The van der Waals surface area contributed by atoms with Crippen LogP contribution in [0.25, 0.3) is 0 Å². The minimum atomic E-state index is -4.97. The molecule has 0 spiro atoms. The van der Waals surface area contributed by atoms with E-state index in [0.717, 1.165) is 0 Å². The van der Waals surface area contributed by atoms with Crippen LogP contribution in [0, 0.1) is 6.92 Å². The van der Waals surface area contributed by atoms with E-state index in [2.05, 4.69) is 4.98 Å². The number of primary amides is 1. The number of nitrogens with zero attached hydrogens (tertiary/aromatic N) is 1. The van der Waals surface area contributed by atoms with Crippen molar-refractivity contribution >= 4 is 32.9 Å². The van der Waals surface area contributed by atoms with Gasteiger partial charge in [-0.05, 0) is 19.8 Å². The van der Waals surface area contributed by atoms with Crippen molar-refractivity contribution in [2.75, 3.05) is 5.75 Å². The summed E-state index contributed by atoms with van der Waals surface area (Å²) >= 11 is 0.385. The van der Waals surface area contributed by atoms with Crippen LogP contribution in [0.2, 0.25) is 0 Å². The van der Waals surface area contributed by atoms with Crippen molar-refractivity contribution in [3.05, 3.63) is 15.6 Å². The third kappa shape index (κ3) is 5.29. The molecule has 0 aliphatic carbocycles. The average molecular weight is 444 g/mol. The molecule has 28 heavy (non-hydrogen) atoms. The number of nitrogens with two attached hydrogens (primary N) is 2. The second-order valence-corrected chi connectivity index (χ2v) is 10.1. The van der Waals surface area contributed by atoms with Crippen LogP contribution in [0.3, 0.4) is 0 Å². The molecule has 0 radical (unpaired) electrons. The molecular weight excluding hydrogens is 419 g/mol. The molecule has 0 unspecified atom stereocenters. The van der Waals surface area contributed by atoms with Gasteiger partial charge in [-0.3, -0.25) is 9.59 Å². The number of thiazole rings is 1. The van der Waals surface area contributed by atoms with Crippen molar-refractivity contribution < 1.29 is 31.2 Å². The van der Waals surface area contributed by atoms with Crippen molar-refractivity contribution in [1.29, 1.82) is 0 Å². The van der Waals surface area contributed by atoms with Gasteiger partial charge in [0.25, 0.3) is 0 Å². The number of aromatic nitrogens is 1. The number of aryl methyl sites for hydroxylation is 1. The van der Waals surface area contributed by atoms with Gasteiger partial charge in [0.1, 0.15) is 4.88 Å². The summed E-state index contributed by atoms with van der Waals surface area (Å²) in [7, 11) is -4.09. The van der Waals surface area contributed by atoms with E-state index in [4.69, 9.17) is 11.5 Å². The molecule has 0 bridgehead atoms. The molecule has 1 aromatic heterocycles. The number of rotatable bonds is 10. The molecule has 1 amide bonds. The van der Waals surface area contributed by atoms with Crippen LogP contribution in [0.5, 0.6) is 0 Å². The van der Waals surface area contributed by atoms with Crippen molar-refractivity contribution in [1.82, 2.24) is 4.98 Å². The molecule has 1 rings (SSSR count). The van der Waals surface area contributed by atoms with Crippen LogP contribution < -0.4 is 11.5 Å². The Morgan fingerprint density at radius 3 is 2.07 bits per heavy atom. The van der Waals surface area contributed by atoms with E-state index in [-0.39, 0.29) is 17.8 Å². The summed E-state index contributed by atoms with van der Waals surface area (Å²) in [6, 6.07) is 0. The summed E-state index contributed by atoms with van der Waals surface area (Å²) in [4.78, 5) is 27.1. The normalized spacial score (nSPS) is 14.9. The molecule has 0 saturated heterocycles. The number of hydrogen-bond acceptors (Lipinski definition) is 7. The van der Waals surface area contributed by atoms with Gasteiger partial charge in [-0.25, -0.2) is 13.4 Å². The molecule has 0 fully saturated rings. The van der Waals surface area contributed by atoms with Crippen LogP contribution in [0.1, 0.15) is 59.9 Å². The Morgan fingerprint density at radius 2 is 1.68 bits per heavy atom. The van der Waals surface area contributed by atoms with E-state index in [9.17, 15) is 31.2 Å². The second-order valence-electron chi connectivity index (χ2n) is 6.58. The lowest BCUT2D eigenvalue weighted by Gasteiger charge is -2.27. The Bertz CT molecular complexity index is 831. The first-order valence-electron chi connectivity index (χ1n) is 8.60. The van der Waals surface area contributed by atoms with Crippen LogP contribution in [-0.2, 0) is 20.8 Å². The topological polar surface area (TPSA) is 133 Å². The maximum absolute atomic E-state index is 13.2. The van der Waals surface area contributed by atoms with Gasteiger partial charge in [0, 0.05) is 0 Å². The molecule has 1 heterocycles. The number of alkyl halides is 3. The fraction of sp³-hybridized carbons (Fsp3) is 0.688. The van der Waals surface area contributed by atoms with Crippen LogP contribution >= 0.6 is 11.3 Å². The van der Waals surface area contributed by atoms with Crippen LogP contribution in [-0.4, -0.2) is 41.6 Å².